The Labute approximate surface area is 149 Å². The molecule has 25 heavy (non-hydrogen) atoms. The number of nitrogens with one attached hydrogen (secondary N) is 2. The van der Waals surface area contributed by atoms with Crippen LogP contribution in [0, 0.1) is 0 Å². The minimum atomic E-state index is -0.409. The summed E-state index contributed by atoms with van der Waals surface area (Å²) in [5, 5.41) is 6.45. The SMILES string of the molecule is CCCNC(=O)Nc1cccc(OC(=O)c2cc3ccccc3s2)c1. The number of rotatable bonds is 5. The Bertz CT molecular complexity index is 871. The molecule has 0 saturated carbocycles. The number of fused-ring (bicyclic) bond motifs is 1. The van der Waals surface area contributed by atoms with Gasteiger partial charge in [-0.15, -0.1) is 11.3 Å². The van der Waals surface area contributed by atoms with Crippen LogP contribution in [0.4, 0.5) is 10.5 Å². The molecular weight excluding hydrogens is 336 g/mol. The minimum Gasteiger partial charge on any atom is -0.422 e. The van der Waals surface area contributed by atoms with Crippen LogP contribution in [0.15, 0.2) is 54.6 Å². The molecule has 0 spiro atoms. The number of carbonyl (C=O) groups is 2. The number of benzene rings is 2. The van der Waals surface area contributed by atoms with Crippen LogP contribution in [0.5, 0.6) is 5.75 Å². The fourth-order valence-corrected chi connectivity index (χ4v) is 3.23. The van der Waals surface area contributed by atoms with Crippen molar-refractivity contribution < 1.29 is 14.3 Å². The number of hydrogen-bond donors (Lipinski definition) is 2. The third-order valence-electron chi connectivity index (χ3n) is 3.46. The molecular formula is C19H18N2O3S. The molecule has 2 amide bonds. The Morgan fingerprint density at radius 1 is 1.08 bits per heavy atom. The molecule has 6 heteroatoms. The summed E-state index contributed by atoms with van der Waals surface area (Å²) in [5.41, 5.74) is 0.565. The lowest BCUT2D eigenvalue weighted by atomic mass is 10.2. The van der Waals surface area contributed by atoms with Gasteiger partial charge >= 0.3 is 12.0 Å². The van der Waals surface area contributed by atoms with Gasteiger partial charge in [0.15, 0.2) is 0 Å². The Morgan fingerprint density at radius 3 is 2.72 bits per heavy atom. The van der Waals surface area contributed by atoms with Gasteiger partial charge in [0, 0.05) is 23.0 Å². The third-order valence-corrected chi connectivity index (χ3v) is 4.56. The summed E-state index contributed by atoms with van der Waals surface area (Å²) in [4.78, 5) is 24.6. The first-order valence-electron chi connectivity index (χ1n) is 8.01. The van der Waals surface area contributed by atoms with Crippen LogP contribution >= 0.6 is 11.3 Å². The van der Waals surface area contributed by atoms with Crippen molar-refractivity contribution in [2.24, 2.45) is 0 Å². The summed E-state index contributed by atoms with van der Waals surface area (Å²) in [7, 11) is 0. The van der Waals surface area contributed by atoms with Gasteiger partial charge in [0.2, 0.25) is 0 Å². The zero-order valence-corrected chi connectivity index (χ0v) is 14.6. The molecule has 0 aliphatic carbocycles. The molecule has 128 valence electrons. The number of urea groups is 1. The van der Waals surface area contributed by atoms with E-state index in [1.165, 1.54) is 11.3 Å². The lowest BCUT2D eigenvalue weighted by molar-refractivity contribution is 0.0740. The van der Waals surface area contributed by atoms with Gasteiger partial charge < -0.3 is 15.4 Å². The smallest absolute Gasteiger partial charge is 0.353 e. The molecule has 5 nitrogen and oxygen atoms in total. The van der Waals surface area contributed by atoms with Crippen LogP contribution in [-0.4, -0.2) is 18.5 Å². The number of anilines is 1. The molecule has 3 aromatic rings. The summed E-state index contributed by atoms with van der Waals surface area (Å²) in [6, 6.07) is 16.1. The van der Waals surface area contributed by atoms with E-state index in [2.05, 4.69) is 10.6 Å². The molecule has 0 fully saturated rings. The zero-order valence-electron chi connectivity index (χ0n) is 13.7. The quantitative estimate of drug-likeness (QED) is 0.517. The van der Waals surface area contributed by atoms with Crippen molar-refractivity contribution in [2.75, 3.05) is 11.9 Å². The second kappa shape index (κ2) is 7.81. The van der Waals surface area contributed by atoms with E-state index in [1.54, 1.807) is 24.3 Å². The first-order valence-corrected chi connectivity index (χ1v) is 8.83. The van der Waals surface area contributed by atoms with Gasteiger partial charge in [-0.05, 0) is 36.1 Å². The second-order valence-corrected chi connectivity index (χ2v) is 6.53. The maximum absolute atomic E-state index is 12.3. The number of esters is 1. The summed E-state index contributed by atoms with van der Waals surface area (Å²) in [5.74, 6) is -0.0236. The molecule has 1 aromatic heterocycles. The van der Waals surface area contributed by atoms with Crippen LogP contribution < -0.4 is 15.4 Å². The lowest BCUT2D eigenvalue weighted by Crippen LogP contribution is -2.29. The van der Waals surface area contributed by atoms with Gasteiger partial charge in [-0.25, -0.2) is 9.59 Å². The van der Waals surface area contributed by atoms with Crippen molar-refractivity contribution in [3.8, 4) is 5.75 Å². The largest absolute Gasteiger partial charge is 0.422 e. The highest BCUT2D eigenvalue weighted by Crippen LogP contribution is 2.27. The first-order chi connectivity index (χ1) is 12.2. The Kier molecular flexibility index (Phi) is 5.30. The summed E-state index contributed by atoms with van der Waals surface area (Å²) in [6.45, 7) is 2.58. The lowest BCUT2D eigenvalue weighted by Gasteiger charge is -2.08. The molecule has 1 heterocycles. The van der Waals surface area contributed by atoms with Crippen molar-refractivity contribution in [2.45, 2.75) is 13.3 Å². The van der Waals surface area contributed by atoms with E-state index in [9.17, 15) is 9.59 Å². The highest BCUT2D eigenvalue weighted by molar-refractivity contribution is 7.20. The average Bonchev–Trinajstić information content (AvgIpc) is 3.04. The second-order valence-electron chi connectivity index (χ2n) is 5.45. The van der Waals surface area contributed by atoms with Gasteiger partial charge in [0.05, 0.1) is 0 Å². The minimum absolute atomic E-state index is 0.283. The van der Waals surface area contributed by atoms with Crippen molar-refractivity contribution in [3.63, 3.8) is 0 Å². The number of carbonyl (C=O) groups excluding carboxylic acids is 2. The summed E-state index contributed by atoms with van der Waals surface area (Å²) < 4.78 is 6.47. The van der Waals surface area contributed by atoms with E-state index in [1.807, 2.05) is 37.3 Å². The predicted octanol–water partition coefficient (Wildman–Crippen LogP) is 4.65. The van der Waals surface area contributed by atoms with E-state index < -0.39 is 5.97 Å². The van der Waals surface area contributed by atoms with E-state index in [-0.39, 0.29) is 6.03 Å². The first kappa shape index (κ1) is 17.0. The Morgan fingerprint density at radius 2 is 1.92 bits per heavy atom. The van der Waals surface area contributed by atoms with E-state index in [4.69, 9.17) is 4.74 Å². The molecule has 2 N–H and O–H groups in total. The number of amides is 2. The number of thiophene rings is 1. The maximum atomic E-state index is 12.3. The number of ether oxygens (including phenoxy) is 1. The molecule has 0 radical (unpaired) electrons. The van der Waals surface area contributed by atoms with Gasteiger partial charge in [0.1, 0.15) is 10.6 Å². The van der Waals surface area contributed by atoms with Crippen molar-refractivity contribution in [1.29, 1.82) is 0 Å². The third kappa shape index (κ3) is 4.36. The highest BCUT2D eigenvalue weighted by atomic mass is 32.1. The van der Waals surface area contributed by atoms with Gasteiger partial charge in [-0.1, -0.05) is 31.2 Å². The summed E-state index contributed by atoms with van der Waals surface area (Å²) >= 11 is 1.39. The van der Waals surface area contributed by atoms with Crippen LogP contribution in [-0.2, 0) is 0 Å². The fraction of sp³-hybridized carbons (Fsp3) is 0.158. The monoisotopic (exact) mass is 354 g/mol. The van der Waals surface area contributed by atoms with Crippen LogP contribution in [0.25, 0.3) is 10.1 Å². The molecule has 0 unspecified atom stereocenters. The molecule has 0 bridgehead atoms. The van der Waals surface area contributed by atoms with Crippen molar-refractivity contribution in [1.82, 2.24) is 5.32 Å². The van der Waals surface area contributed by atoms with Gasteiger partial charge in [-0.2, -0.15) is 0 Å². The Balaban J connectivity index is 1.68. The predicted molar refractivity (Wildman–Crippen MR) is 101 cm³/mol. The Hall–Kier alpha value is -2.86. The summed E-state index contributed by atoms with van der Waals surface area (Å²) in [6.07, 6.45) is 0.861. The van der Waals surface area contributed by atoms with E-state index in [0.29, 0.717) is 22.9 Å². The molecule has 0 saturated heterocycles. The zero-order chi connectivity index (χ0) is 17.6. The molecule has 0 aliphatic heterocycles. The molecule has 0 atom stereocenters. The molecule has 3 rings (SSSR count). The van der Waals surface area contributed by atoms with Crippen molar-refractivity contribution >= 4 is 39.1 Å². The van der Waals surface area contributed by atoms with Crippen molar-refractivity contribution in [3.05, 3.63) is 59.5 Å². The highest BCUT2D eigenvalue weighted by Gasteiger charge is 2.13. The average molecular weight is 354 g/mol. The molecule has 2 aromatic carbocycles. The maximum Gasteiger partial charge on any atom is 0.353 e. The topological polar surface area (TPSA) is 67.4 Å². The van der Waals surface area contributed by atoms with Crippen LogP contribution in [0.2, 0.25) is 0 Å². The van der Waals surface area contributed by atoms with Gasteiger partial charge in [0.25, 0.3) is 0 Å². The van der Waals surface area contributed by atoms with Gasteiger partial charge in [-0.3, -0.25) is 0 Å². The van der Waals surface area contributed by atoms with Crippen LogP contribution in [0.1, 0.15) is 23.0 Å². The number of hydrogen-bond acceptors (Lipinski definition) is 4. The van der Waals surface area contributed by atoms with E-state index in [0.717, 1.165) is 16.5 Å². The van der Waals surface area contributed by atoms with Crippen LogP contribution in [0.3, 0.4) is 0 Å². The van der Waals surface area contributed by atoms with E-state index >= 15 is 0 Å². The molecule has 0 aliphatic rings. The standard InChI is InChI=1S/C19H18N2O3S/c1-2-10-20-19(23)21-14-7-5-8-15(12-14)24-18(22)17-11-13-6-3-4-9-16(13)25-17/h3-9,11-12H,2,10H2,1H3,(H2,20,21,23). The fourth-order valence-electron chi connectivity index (χ4n) is 2.29. The normalized spacial score (nSPS) is 10.4.